The molecule has 0 saturated carbocycles. The number of rotatable bonds is 3. The van der Waals surface area contributed by atoms with E-state index in [0.29, 0.717) is 10.6 Å². The number of aromatic nitrogens is 1. The van der Waals surface area contributed by atoms with Gasteiger partial charge in [-0.3, -0.25) is 9.78 Å². The first-order valence-corrected chi connectivity index (χ1v) is 5.63. The molecule has 0 unspecified atom stereocenters. The minimum absolute atomic E-state index is 0.342. The number of hydrazone groups is 1. The number of nitrogens with one attached hydrogen (secondary N) is 1. The van der Waals surface area contributed by atoms with E-state index < -0.39 is 0 Å². The fraction of sp³-hybridized carbons (Fsp3) is 0. The molecule has 0 saturated heterocycles. The molecule has 18 heavy (non-hydrogen) atoms. The molecule has 90 valence electrons. The van der Waals surface area contributed by atoms with Crippen molar-refractivity contribution in [3.05, 3.63) is 64.9 Å². The van der Waals surface area contributed by atoms with Crippen LogP contribution in [0.3, 0.4) is 0 Å². The van der Waals surface area contributed by atoms with Gasteiger partial charge < -0.3 is 0 Å². The van der Waals surface area contributed by atoms with Crippen molar-refractivity contribution in [3.8, 4) is 0 Å². The van der Waals surface area contributed by atoms with Crippen molar-refractivity contribution in [1.82, 2.24) is 10.4 Å². The lowest BCUT2D eigenvalue weighted by molar-refractivity contribution is 0.0955. The highest BCUT2D eigenvalue weighted by Gasteiger charge is 2.07. The van der Waals surface area contributed by atoms with Crippen LogP contribution in [0.4, 0.5) is 0 Å². The molecule has 1 aromatic carbocycles. The third-order valence-corrected chi connectivity index (χ3v) is 2.53. The lowest BCUT2D eigenvalue weighted by Crippen LogP contribution is -2.17. The summed E-state index contributed by atoms with van der Waals surface area (Å²) in [6.07, 6.45) is 4.84. The minimum atomic E-state index is -0.342. The van der Waals surface area contributed by atoms with Crippen molar-refractivity contribution in [2.45, 2.75) is 0 Å². The Morgan fingerprint density at radius 1 is 1.22 bits per heavy atom. The molecule has 2 aromatic rings. The second-order valence-electron chi connectivity index (χ2n) is 3.46. The molecular formula is C13H10ClN3O. The van der Waals surface area contributed by atoms with Crippen molar-refractivity contribution < 1.29 is 4.79 Å². The van der Waals surface area contributed by atoms with Crippen LogP contribution in [0.2, 0.25) is 5.02 Å². The zero-order valence-corrected chi connectivity index (χ0v) is 10.1. The summed E-state index contributed by atoms with van der Waals surface area (Å²) in [7, 11) is 0. The van der Waals surface area contributed by atoms with Crippen molar-refractivity contribution in [1.29, 1.82) is 0 Å². The summed E-state index contributed by atoms with van der Waals surface area (Å²) in [6.45, 7) is 0. The number of carbonyl (C=O) groups excluding carboxylic acids is 1. The van der Waals surface area contributed by atoms with Gasteiger partial charge in [0, 0.05) is 12.4 Å². The van der Waals surface area contributed by atoms with E-state index in [9.17, 15) is 4.79 Å². The molecule has 1 aromatic heterocycles. The van der Waals surface area contributed by atoms with Gasteiger partial charge in [0.1, 0.15) is 0 Å². The summed E-state index contributed by atoms with van der Waals surface area (Å²) in [5, 5.41) is 4.25. The Morgan fingerprint density at radius 3 is 2.67 bits per heavy atom. The van der Waals surface area contributed by atoms with Crippen LogP contribution in [-0.2, 0) is 0 Å². The first-order chi connectivity index (χ1) is 8.77. The Morgan fingerprint density at radius 2 is 1.94 bits per heavy atom. The van der Waals surface area contributed by atoms with Crippen LogP contribution in [0.15, 0.2) is 53.9 Å². The predicted octanol–water partition coefficient (Wildman–Crippen LogP) is 2.50. The van der Waals surface area contributed by atoms with Crippen LogP contribution in [0, 0.1) is 0 Å². The Kier molecular flexibility index (Phi) is 4.04. The third-order valence-electron chi connectivity index (χ3n) is 2.20. The van der Waals surface area contributed by atoms with Crippen molar-refractivity contribution in [2.75, 3.05) is 0 Å². The standard InChI is InChI=1S/C13H10ClN3O/c14-12-4-2-1-3-11(12)13(18)17-16-9-10-5-7-15-8-6-10/h1-9H,(H,17,18)/b16-9+. The Balaban J connectivity index is 2.01. The van der Waals surface area contributed by atoms with Crippen LogP contribution in [0.25, 0.3) is 0 Å². The van der Waals surface area contributed by atoms with Crippen LogP contribution < -0.4 is 5.43 Å². The van der Waals surface area contributed by atoms with E-state index in [-0.39, 0.29) is 5.91 Å². The molecule has 2 rings (SSSR count). The smallest absolute Gasteiger partial charge is 0.267 e. The lowest BCUT2D eigenvalue weighted by atomic mass is 10.2. The van der Waals surface area contributed by atoms with Gasteiger partial charge in [0.15, 0.2) is 0 Å². The van der Waals surface area contributed by atoms with E-state index >= 15 is 0 Å². The first-order valence-electron chi connectivity index (χ1n) is 5.25. The van der Waals surface area contributed by atoms with Crippen LogP contribution >= 0.6 is 11.6 Å². The second kappa shape index (κ2) is 5.93. The number of hydrogen-bond donors (Lipinski definition) is 1. The lowest BCUT2D eigenvalue weighted by Gasteiger charge is -2.01. The van der Waals surface area contributed by atoms with E-state index in [0.717, 1.165) is 5.56 Å². The number of halogens is 1. The minimum Gasteiger partial charge on any atom is -0.267 e. The molecular weight excluding hydrogens is 250 g/mol. The highest BCUT2D eigenvalue weighted by molar-refractivity contribution is 6.33. The van der Waals surface area contributed by atoms with Gasteiger partial charge in [-0.05, 0) is 29.8 Å². The normalized spacial score (nSPS) is 10.5. The summed E-state index contributed by atoms with van der Waals surface area (Å²) in [5.74, 6) is -0.342. The van der Waals surface area contributed by atoms with Gasteiger partial charge in [0.25, 0.3) is 5.91 Å². The van der Waals surface area contributed by atoms with E-state index in [1.165, 1.54) is 6.21 Å². The number of hydrogen-bond acceptors (Lipinski definition) is 3. The SMILES string of the molecule is O=C(N/N=C/c1ccncc1)c1ccccc1Cl. The maximum absolute atomic E-state index is 11.7. The summed E-state index contributed by atoms with van der Waals surface area (Å²) in [4.78, 5) is 15.6. The summed E-state index contributed by atoms with van der Waals surface area (Å²) in [6, 6.07) is 10.4. The molecule has 0 spiro atoms. The number of amides is 1. The Hall–Kier alpha value is -2.20. The van der Waals surface area contributed by atoms with Gasteiger partial charge in [-0.2, -0.15) is 5.10 Å². The predicted molar refractivity (Wildman–Crippen MR) is 70.7 cm³/mol. The summed E-state index contributed by atoms with van der Waals surface area (Å²) < 4.78 is 0. The van der Waals surface area contributed by atoms with Crippen molar-refractivity contribution in [3.63, 3.8) is 0 Å². The molecule has 1 heterocycles. The molecule has 0 radical (unpaired) electrons. The van der Waals surface area contributed by atoms with E-state index in [1.807, 2.05) is 0 Å². The Labute approximate surface area is 109 Å². The molecule has 1 N–H and O–H groups in total. The number of nitrogens with zero attached hydrogens (tertiary/aromatic N) is 2. The van der Waals surface area contributed by atoms with E-state index in [1.54, 1.807) is 48.8 Å². The molecule has 0 aliphatic heterocycles. The fourth-order valence-corrected chi connectivity index (χ4v) is 1.54. The van der Waals surface area contributed by atoms with Crippen LogP contribution in [0.5, 0.6) is 0 Å². The maximum atomic E-state index is 11.7. The zero-order valence-electron chi connectivity index (χ0n) is 9.38. The van der Waals surface area contributed by atoms with E-state index in [4.69, 9.17) is 11.6 Å². The number of carbonyl (C=O) groups is 1. The molecule has 0 fully saturated rings. The quantitative estimate of drug-likeness (QED) is 0.680. The monoisotopic (exact) mass is 259 g/mol. The van der Waals surface area contributed by atoms with Gasteiger partial charge >= 0.3 is 0 Å². The fourth-order valence-electron chi connectivity index (χ4n) is 1.32. The van der Waals surface area contributed by atoms with Gasteiger partial charge in [-0.15, -0.1) is 0 Å². The Bertz CT molecular complexity index is 569. The number of benzene rings is 1. The topological polar surface area (TPSA) is 54.4 Å². The molecule has 5 heteroatoms. The third kappa shape index (κ3) is 3.15. The second-order valence-corrected chi connectivity index (χ2v) is 3.87. The first kappa shape index (κ1) is 12.3. The zero-order chi connectivity index (χ0) is 12.8. The van der Waals surface area contributed by atoms with Gasteiger partial charge in [-0.25, -0.2) is 5.43 Å². The van der Waals surface area contributed by atoms with E-state index in [2.05, 4.69) is 15.5 Å². The van der Waals surface area contributed by atoms with Gasteiger partial charge in [0.2, 0.25) is 0 Å². The van der Waals surface area contributed by atoms with Crippen molar-refractivity contribution >= 4 is 23.7 Å². The maximum Gasteiger partial charge on any atom is 0.272 e. The van der Waals surface area contributed by atoms with Crippen LogP contribution in [-0.4, -0.2) is 17.1 Å². The molecule has 4 nitrogen and oxygen atoms in total. The molecule has 1 amide bonds. The van der Waals surface area contributed by atoms with Crippen molar-refractivity contribution in [2.24, 2.45) is 5.10 Å². The average Bonchev–Trinajstić information content (AvgIpc) is 2.40. The average molecular weight is 260 g/mol. The van der Waals surface area contributed by atoms with Gasteiger partial charge in [0.05, 0.1) is 16.8 Å². The highest BCUT2D eigenvalue weighted by atomic mass is 35.5. The summed E-state index contributed by atoms with van der Waals surface area (Å²) >= 11 is 5.89. The molecule has 0 bridgehead atoms. The molecule has 0 aliphatic rings. The molecule has 0 atom stereocenters. The highest BCUT2D eigenvalue weighted by Crippen LogP contribution is 2.14. The van der Waals surface area contributed by atoms with Gasteiger partial charge in [-0.1, -0.05) is 23.7 Å². The summed E-state index contributed by atoms with van der Waals surface area (Å²) in [5.41, 5.74) is 3.66. The number of pyridine rings is 1. The van der Waals surface area contributed by atoms with Crippen LogP contribution in [0.1, 0.15) is 15.9 Å². The molecule has 0 aliphatic carbocycles. The largest absolute Gasteiger partial charge is 0.272 e.